The van der Waals surface area contributed by atoms with Crippen LogP contribution in [0.5, 0.6) is 0 Å². The van der Waals surface area contributed by atoms with E-state index in [0.29, 0.717) is 0 Å². The summed E-state index contributed by atoms with van der Waals surface area (Å²) in [5.74, 6) is 2.16. The van der Waals surface area contributed by atoms with E-state index in [1.807, 2.05) is 0 Å². The Morgan fingerprint density at radius 2 is 1.62 bits per heavy atom. The van der Waals surface area contributed by atoms with E-state index < -0.39 is 0 Å². The number of nitrogens with two attached hydrogens (primary N) is 1. The van der Waals surface area contributed by atoms with Gasteiger partial charge in [0.25, 0.3) is 0 Å². The molecule has 2 heteroatoms. The first-order valence-electron chi connectivity index (χ1n) is 6.79. The third kappa shape index (κ3) is 5.82. The lowest BCUT2D eigenvalue weighted by Gasteiger charge is -2.17. The van der Waals surface area contributed by atoms with Crippen LogP contribution >= 0.6 is 8.20 Å². The van der Waals surface area contributed by atoms with Crippen molar-refractivity contribution in [1.29, 1.82) is 0 Å². The molecule has 2 N–H and O–H groups in total. The molecule has 1 unspecified atom stereocenters. The van der Waals surface area contributed by atoms with E-state index in [9.17, 15) is 0 Å². The number of allylic oxidation sites excluding steroid dienone is 1. The molecule has 0 fully saturated rings. The van der Waals surface area contributed by atoms with Gasteiger partial charge in [0, 0.05) is 0 Å². The molecule has 1 aliphatic rings. The van der Waals surface area contributed by atoms with Gasteiger partial charge in [-0.2, -0.15) is 0 Å². The molecule has 0 aromatic carbocycles. The standard InChI is InChI=1S/C14H26NP/c1-2-3-4-5-6-7-8-9-11-14(15)12-10-13-16-14/h10,12-13H,2-9,11,15H2,1H3. The third-order valence-electron chi connectivity index (χ3n) is 3.22. The minimum Gasteiger partial charge on any atom is -0.315 e. The van der Waals surface area contributed by atoms with Crippen LogP contribution in [0.1, 0.15) is 64.7 Å². The zero-order chi connectivity index (χ0) is 11.7. The average molecular weight is 239 g/mol. The van der Waals surface area contributed by atoms with Crippen molar-refractivity contribution in [3.05, 3.63) is 12.2 Å². The van der Waals surface area contributed by atoms with Crippen molar-refractivity contribution in [1.82, 2.24) is 0 Å². The van der Waals surface area contributed by atoms with Gasteiger partial charge in [0.05, 0.1) is 5.28 Å². The molecule has 0 spiro atoms. The Bertz CT molecular complexity index is 221. The molecule has 0 saturated carbocycles. The molecule has 1 rings (SSSR count). The highest BCUT2D eigenvalue weighted by Gasteiger charge is 2.19. The Morgan fingerprint density at radius 3 is 2.19 bits per heavy atom. The van der Waals surface area contributed by atoms with Crippen molar-refractivity contribution >= 4 is 14.0 Å². The Hall–Kier alpha value is -0.130. The average Bonchev–Trinajstić information content (AvgIpc) is 2.70. The Balaban J connectivity index is 1.88. The second kappa shape index (κ2) is 8.03. The van der Waals surface area contributed by atoms with Gasteiger partial charge < -0.3 is 5.73 Å². The summed E-state index contributed by atoms with van der Waals surface area (Å²) in [5.41, 5.74) is 6.21. The van der Waals surface area contributed by atoms with E-state index in [4.69, 9.17) is 5.73 Å². The number of hydrogen-bond acceptors (Lipinski definition) is 1. The summed E-state index contributed by atoms with van der Waals surface area (Å²) in [6.45, 7) is 2.27. The molecule has 1 aliphatic heterocycles. The van der Waals surface area contributed by atoms with E-state index in [1.54, 1.807) is 0 Å². The minimum absolute atomic E-state index is 0.0256. The van der Waals surface area contributed by atoms with Crippen LogP contribution in [-0.2, 0) is 0 Å². The molecule has 0 saturated heterocycles. The molecular formula is C14H26NP. The maximum absolute atomic E-state index is 6.21. The first-order chi connectivity index (χ1) is 7.77. The predicted octanol–water partition coefficient (Wildman–Crippen LogP) is 4.49. The van der Waals surface area contributed by atoms with Crippen LogP contribution in [0.2, 0.25) is 0 Å². The Morgan fingerprint density at radius 1 is 1.00 bits per heavy atom. The summed E-state index contributed by atoms with van der Waals surface area (Å²) >= 11 is 0. The van der Waals surface area contributed by atoms with Crippen LogP contribution in [0.3, 0.4) is 0 Å². The summed E-state index contributed by atoms with van der Waals surface area (Å²) in [7, 11) is 1.28. The largest absolute Gasteiger partial charge is 0.315 e. The molecule has 0 radical (unpaired) electrons. The molecule has 0 aromatic heterocycles. The van der Waals surface area contributed by atoms with Crippen molar-refractivity contribution < 1.29 is 0 Å². The normalized spacial score (nSPS) is 24.1. The summed E-state index contributed by atoms with van der Waals surface area (Å²) < 4.78 is 0. The van der Waals surface area contributed by atoms with Crippen molar-refractivity contribution in [2.24, 2.45) is 5.73 Å². The van der Waals surface area contributed by atoms with E-state index in [-0.39, 0.29) is 5.28 Å². The van der Waals surface area contributed by atoms with Crippen LogP contribution in [-0.4, -0.2) is 11.1 Å². The molecule has 16 heavy (non-hydrogen) atoms. The molecule has 1 heterocycles. The third-order valence-corrected chi connectivity index (χ3v) is 4.39. The summed E-state index contributed by atoms with van der Waals surface area (Å²) in [6.07, 6.45) is 16.5. The highest BCUT2D eigenvalue weighted by molar-refractivity contribution is 7.41. The number of hydrogen-bond donors (Lipinski definition) is 1. The second-order valence-corrected chi connectivity index (χ2v) is 6.24. The molecule has 0 aliphatic carbocycles. The van der Waals surface area contributed by atoms with E-state index >= 15 is 0 Å². The SMILES string of the molecule is CCCCCCCCCCC1(N)C=CC=P1. The van der Waals surface area contributed by atoms with E-state index in [0.717, 1.165) is 6.42 Å². The van der Waals surface area contributed by atoms with Gasteiger partial charge in [-0.1, -0.05) is 78.6 Å². The number of rotatable bonds is 9. The predicted molar refractivity (Wildman–Crippen MR) is 76.3 cm³/mol. The maximum Gasteiger partial charge on any atom is 0.0767 e. The summed E-state index contributed by atoms with van der Waals surface area (Å²) in [6, 6.07) is 0. The van der Waals surface area contributed by atoms with Gasteiger partial charge in [-0.05, 0) is 12.2 Å². The molecule has 92 valence electrons. The summed E-state index contributed by atoms with van der Waals surface area (Å²) in [5, 5.41) is -0.0256. The first kappa shape index (κ1) is 13.9. The van der Waals surface area contributed by atoms with Crippen LogP contribution in [0, 0.1) is 0 Å². The minimum atomic E-state index is -0.0256. The zero-order valence-electron chi connectivity index (χ0n) is 10.6. The fourth-order valence-electron chi connectivity index (χ4n) is 2.12. The van der Waals surface area contributed by atoms with Gasteiger partial charge in [-0.25, -0.2) is 0 Å². The Labute approximate surface area is 102 Å². The Kier molecular flexibility index (Phi) is 7.00. The lowest BCUT2D eigenvalue weighted by molar-refractivity contribution is 0.541. The highest BCUT2D eigenvalue weighted by Crippen LogP contribution is 2.29. The van der Waals surface area contributed by atoms with Crippen LogP contribution in [0.4, 0.5) is 0 Å². The lowest BCUT2D eigenvalue weighted by atomic mass is 10.0. The van der Waals surface area contributed by atoms with Crippen LogP contribution in [0.25, 0.3) is 0 Å². The van der Waals surface area contributed by atoms with Gasteiger partial charge >= 0.3 is 0 Å². The first-order valence-corrected chi connectivity index (χ1v) is 7.75. The number of unbranched alkanes of at least 4 members (excludes halogenated alkanes) is 7. The molecule has 0 amide bonds. The topological polar surface area (TPSA) is 26.0 Å². The van der Waals surface area contributed by atoms with E-state index in [1.165, 1.54) is 59.6 Å². The monoisotopic (exact) mass is 239 g/mol. The maximum atomic E-state index is 6.21. The van der Waals surface area contributed by atoms with Crippen molar-refractivity contribution in [2.45, 2.75) is 70.0 Å². The summed E-state index contributed by atoms with van der Waals surface area (Å²) in [4.78, 5) is 0. The zero-order valence-corrected chi connectivity index (χ0v) is 11.5. The fraction of sp³-hybridized carbons (Fsp3) is 0.786. The molecular weight excluding hydrogens is 213 g/mol. The van der Waals surface area contributed by atoms with Crippen molar-refractivity contribution in [3.8, 4) is 0 Å². The second-order valence-electron chi connectivity index (χ2n) is 4.85. The van der Waals surface area contributed by atoms with E-state index in [2.05, 4.69) is 24.9 Å². The van der Waals surface area contributed by atoms with Gasteiger partial charge in [0.2, 0.25) is 0 Å². The lowest BCUT2D eigenvalue weighted by Crippen LogP contribution is -2.29. The molecule has 1 atom stereocenters. The van der Waals surface area contributed by atoms with Gasteiger partial charge in [-0.3, -0.25) is 0 Å². The van der Waals surface area contributed by atoms with Crippen LogP contribution < -0.4 is 5.73 Å². The van der Waals surface area contributed by atoms with Crippen LogP contribution in [0.15, 0.2) is 12.2 Å². The molecule has 1 nitrogen and oxygen atoms in total. The quantitative estimate of drug-likeness (QED) is 0.465. The fourth-order valence-corrected chi connectivity index (χ4v) is 3.03. The highest BCUT2D eigenvalue weighted by atomic mass is 31.1. The van der Waals surface area contributed by atoms with Crippen molar-refractivity contribution in [2.75, 3.05) is 0 Å². The van der Waals surface area contributed by atoms with Crippen molar-refractivity contribution in [3.63, 3.8) is 0 Å². The molecule has 0 bridgehead atoms. The van der Waals surface area contributed by atoms with Gasteiger partial charge in [0.1, 0.15) is 0 Å². The van der Waals surface area contributed by atoms with Gasteiger partial charge in [-0.15, -0.1) is 0 Å². The smallest absolute Gasteiger partial charge is 0.0767 e. The van der Waals surface area contributed by atoms with Gasteiger partial charge in [0.15, 0.2) is 0 Å². The molecule has 0 aromatic rings.